The standard InChI is InChI=1S/C18H33N3O2/c1-11(2)17(20-7-12(3)23-13(4)8-20)18(22)21-9-14-5-6-16(19)15(14)10-21/h11-17H,5-10,19H2,1-4H3. The fraction of sp³-hybridized carbons (Fsp3) is 0.944. The van der Waals surface area contributed by atoms with E-state index in [9.17, 15) is 4.79 Å². The molecule has 3 fully saturated rings. The molecule has 2 N–H and O–H groups in total. The minimum atomic E-state index is -0.0288. The van der Waals surface area contributed by atoms with Crippen molar-refractivity contribution in [2.45, 2.75) is 64.8 Å². The molecule has 23 heavy (non-hydrogen) atoms. The Kier molecular flexibility index (Phi) is 5.00. The highest BCUT2D eigenvalue weighted by Crippen LogP contribution is 2.37. The van der Waals surface area contributed by atoms with Gasteiger partial charge < -0.3 is 15.4 Å². The van der Waals surface area contributed by atoms with Crippen molar-refractivity contribution in [1.82, 2.24) is 9.80 Å². The Morgan fingerprint density at radius 3 is 2.30 bits per heavy atom. The molecule has 0 aromatic heterocycles. The van der Waals surface area contributed by atoms with Crippen LogP contribution < -0.4 is 5.73 Å². The number of hydrogen-bond donors (Lipinski definition) is 1. The molecule has 6 unspecified atom stereocenters. The van der Waals surface area contributed by atoms with Crippen molar-refractivity contribution >= 4 is 5.91 Å². The van der Waals surface area contributed by atoms with E-state index in [1.54, 1.807) is 0 Å². The number of carbonyl (C=O) groups excluding carboxylic acids is 1. The maximum atomic E-state index is 13.2. The van der Waals surface area contributed by atoms with Crippen molar-refractivity contribution in [2.75, 3.05) is 26.2 Å². The first-order chi connectivity index (χ1) is 10.9. The molecule has 2 heterocycles. The van der Waals surface area contributed by atoms with Crippen molar-refractivity contribution in [3.8, 4) is 0 Å². The van der Waals surface area contributed by atoms with Gasteiger partial charge in [-0.15, -0.1) is 0 Å². The summed E-state index contributed by atoms with van der Waals surface area (Å²) in [4.78, 5) is 17.7. The van der Waals surface area contributed by atoms with Gasteiger partial charge in [0.05, 0.1) is 18.2 Å². The lowest BCUT2D eigenvalue weighted by molar-refractivity contribution is -0.144. The van der Waals surface area contributed by atoms with Crippen LogP contribution in [0.25, 0.3) is 0 Å². The number of nitrogens with zero attached hydrogens (tertiary/aromatic N) is 2. The zero-order valence-corrected chi connectivity index (χ0v) is 15.1. The normalized spacial score (nSPS) is 39.7. The Labute approximate surface area is 140 Å². The van der Waals surface area contributed by atoms with Crippen LogP contribution in [0, 0.1) is 17.8 Å². The summed E-state index contributed by atoms with van der Waals surface area (Å²) in [6.07, 6.45) is 2.70. The minimum absolute atomic E-state index is 0.0288. The zero-order valence-electron chi connectivity index (χ0n) is 15.1. The predicted octanol–water partition coefficient (Wildman–Crippen LogP) is 1.32. The van der Waals surface area contributed by atoms with Gasteiger partial charge in [0.15, 0.2) is 0 Å². The Balaban J connectivity index is 1.70. The van der Waals surface area contributed by atoms with Crippen LogP contribution in [0.15, 0.2) is 0 Å². The molecule has 1 amide bonds. The second kappa shape index (κ2) is 6.69. The van der Waals surface area contributed by atoms with Crippen LogP contribution in [0.3, 0.4) is 0 Å². The molecule has 0 radical (unpaired) electrons. The number of hydrogen-bond acceptors (Lipinski definition) is 4. The molecular weight excluding hydrogens is 290 g/mol. The summed E-state index contributed by atoms with van der Waals surface area (Å²) < 4.78 is 5.84. The van der Waals surface area contributed by atoms with E-state index in [0.29, 0.717) is 29.7 Å². The summed E-state index contributed by atoms with van der Waals surface area (Å²) in [5, 5.41) is 0. The number of amides is 1. The third-order valence-electron chi connectivity index (χ3n) is 5.95. The van der Waals surface area contributed by atoms with Crippen molar-refractivity contribution < 1.29 is 9.53 Å². The highest BCUT2D eigenvalue weighted by molar-refractivity contribution is 5.82. The van der Waals surface area contributed by atoms with E-state index in [4.69, 9.17) is 10.5 Å². The van der Waals surface area contributed by atoms with Crippen molar-refractivity contribution in [3.63, 3.8) is 0 Å². The number of ether oxygens (including phenoxy) is 1. The molecule has 5 nitrogen and oxygen atoms in total. The summed E-state index contributed by atoms with van der Waals surface area (Å²) in [6.45, 7) is 12.0. The average Bonchev–Trinajstić information content (AvgIpc) is 3.00. The predicted molar refractivity (Wildman–Crippen MR) is 91.0 cm³/mol. The third-order valence-corrected chi connectivity index (χ3v) is 5.95. The fourth-order valence-corrected chi connectivity index (χ4v) is 4.98. The molecular formula is C18H33N3O2. The molecule has 1 saturated carbocycles. The van der Waals surface area contributed by atoms with E-state index in [1.165, 1.54) is 6.42 Å². The molecule has 5 heteroatoms. The van der Waals surface area contributed by atoms with E-state index < -0.39 is 0 Å². The van der Waals surface area contributed by atoms with Crippen LogP contribution in [0.4, 0.5) is 0 Å². The Morgan fingerprint density at radius 1 is 1.09 bits per heavy atom. The first-order valence-corrected chi connectivity index (χ1v) is 9.30. The molecule has 3 aliphatic rings. The summed E-state index contributed by atoms with van der Waals surface area (Å²) in [6, 6.07) is 0.262. The number of rotatable bonds is 3. The number of carbonyl (C=O) groups is 1. The summed E-state index contributed by atoms with van der Waals surface area (Å²) in [5.74, 6) is 1.77. The lowest BCUT2D eigenvalue weighted by Gasteiger charge is -2.42. The third kappa shape index (κ3) is 3.42. The van der Waals surface area contributed by atoms with Gasteiger partial charge >= 0.3 is 0 Å². The maximum absolute atomic E-state index is 13.2. The Bertz CT molecular complexity index is 432. The molecule has 6 atom stereocenters. The van der Waals surface area contributed by atoms with Crippen molar-refractivity contribution in [2.24, 2.45) is 23.5 Å². The van der Waals surface area contributed by atoms with Gasteiger partial charge in [0, 0.05) is 32.2 Å². The van der Waals surface area contributed by atoms with E-state index in [0.717, 1.165) is 32.6 Å². The summed E-state index contributed by atoms with van der Waals surface area (Å²) >= 11 is 0. The lowest BCUT2D eigenvalue weighted by Crippen LogP contribution is -2.57. The van der Waals surface area contributed by atoms with Crippen LogP contribution in [-0.2, 0) is 9.53 Å². The van der Waals surface area contributed by atoms with Crippen LogP contribution in [0.2, 0.25) is 0 Å². The van der Waals surface area contributed by atoms with Crippen LogP contribution in [0.5, 0.6) is 0 Å². The van der Waals surface area contributed by atoms with Crippen LogP contribution in [0.1, 0.15) is 40.5 Å². The SMILES string of the molecule is CC1CN(C(C(=O)N2CC3CCC(N)C3C2)C(C)C)CC(C)O1. The van der Waals surface area contributed by atoms with E-state index in [2.05, 4.69) is 37.5 Å². The van der Waals surface area contributed by atoms with Gasteiger partial charge in [0.1, 0.15) is 0 Å². The van der Waals surface area contributed by atoms with Crippen LogP contribution >= 0.6 is 0 Å². The average molecular weight is 323 g/mol. The quantitative estimate of drug-likeness (QED) is 0.851. The number of likely N-dealkylation sites (tertiary alicyclic amines) is 1. The largest absolute Gasteiger partial charge is 0.373 e. The van der Waals surface area contributed by atoms with Crippen LogP contribution in [-0.4, -0.2) is 66.2 Å². The van der Waals surface area contributed by atoms with E-state index in [1.807, 2.05) is 0 Å². The summed E-state index contributed by atoms with van der Waals surface area (Å²) in [7, 11) is 0. The molecule has 0 bridgehead atoms. The van der Waals surface area contributed by atoms with Gasteiger partial charge in [-0.05, 0) is 44.4 Å². The highest BCUT2D eigenvalue weighted by atomic mass is 16.5. The Morgan fingerprint density at radius 2 is 1.74 bits per heavy atom. The first kappa shape index (κ1) is 17.2. The second-order valence-electron chi connectivity index (χ2n) is 8.31. The van der Waals surface area contributed by atoms with Crippen molar-refractivity contribution in [3.05, 3.63) is 0 Å². The van der Waals surface area contributed by atoms with Gasteiger partial charge in [0.2, 0.25) is 5.91 Å². The van der Waals surface area contributed by atoms with E-state index in [-0.39, 0.29) is 18.2 Å². The second-order valence-corrected chi connectivity index (χ2v) is 8.31. The molecule has 0 spiro atoms. The number of nitrogens with two attached hydrogens (primary N) is 1. The van der Waals surface area contributed by atoms with Gasteiger partial charge in [-0.2, -0.15) is 0 Å². The molecule has 0 aromatic rings. The number of fused-ring (bicyclic) bond motifs is 1. The molecule has 3 rings (SSSR count). The van der Waals surface area contributed by atoms with Gasteiger partial charge in [-0.3, -0.25) is 9.69 Å². The van der Waals surface area contributed by atoms with Crippen molar-refractivity contribution in [1.29, 1.82) is 0 Å². The maximum Gasteiger partial charge on any atom is 0.240 e. The monoisotopic (exact) mass is 323 g/mol. The van der Waals surface area contributed by atoms with E-state index >= 15 is 0 Å². The molecule has 0 aromatic carbocycles. The number of morpholine rings is 1. The fourth-order valence-electron chi connectivity index (χ4n) is 4.98. The van der Waals surface area contributed by atoms with Gasteiger partial charge in [-0.1, -0.05) is 13.8 Å². The highest BCUT2D eigenvalue weighted by Gasteiger charge is 2.45. The topological polar surface area (TPSA) is 58.8 Å². The smallest absolute Gasteiger partial charge is 0.240 e. The zero-order chi connectivity index (χ0) is 16.7. The molecule has 132 valence electrons. The molecule has 2 saturated heterocycles. The first-order valence-electron chi connectivity index (χ1n) is 9.30. The lowest BCUT2D eigenvalue weighted by atomic mass is 9.98. The molecule has 1 aliphatic carbocycles. The van der Waals surface area contributed by atoms with Gasteiger partial charge in [-0.25, -0.2) is 0 Å². The Hall–Kier alpha value is -0.650. The summed E-state index contributed by atoms with van der Waals surface area (Å²) in [5.41, 5.74) is 6.23. The minimum Gasteiger partial charge on any atom is -0.373 e. The van der Waals surface area contributed by atoms with Gasteiger partial charge in [0.25, 0.3) is 0 Å². The molecule has 2 aliphatic heterocycles.